The van der Waals surface area contributed by atoms with Gasteiger partial charge in [-0.3, -0.25) is 4.79 Å². The highest BCUT2D eigenvalue weighted by atomic mass is 79.9. The summed E-state index contributed by atoms with van der Waals surface area (Å²) in [6.07, 6.45) is 1.23. The number of ether oxygens (including phenoxy) is 2. The number of aromatic amines is 1. The molecule has 6 nitrogen and oxygen atoms in total. The van der Waals surface area contributed by atoms with E-state index in [4.69, 9.17) is 15.2 Å². The molecule has 2 rings (SSSR count). The summed E-state index contributed by atoms with van der Waals surface area (Å²) in [5, 5.41) is 0. The summed E-state index contributed by atoms with van der Waals surface area (Å²) in [6, 6.07) is 5.15. The monoisotopic (exact) mass is 311 g/mol. The third kappa shape index (κ3) is 2.45. The molecule has 0 radical (unpaired) electrons. The number of H-pyrrole nitrogens is 1. The van der Waals surface area contributed by atoms with E-state index in [0.29, 0.717) is 16.0 Å². The summed E-state index contributed by atoms with van der Waals surface area (Å²) in [5.41, 5.74) is 5.06. The molecule has 1 heterocycles. The van der Waals surface area contributed by atoms with Crippen molar-refractivity contribution in [3.63, 3.8) is 0 Å². The molecule has 2 aromatic rings. The van der Waals surface area contributed by atoms with Gasteiger partial charge in [0.2, 0.25) is 5.88 Å². The van der Waals surface area contributed by atoms with E-state index in [1.165, 1.54) is 6.33 Å². The van der Waals surface area contributed by atoms with Crippen molar-refractivity contribution in [2.75, 3.05) is 12.8 Å². The summed E-state index contributed by atoms with van der Waals surface area (Å²) in [6.45, 7) is 0. The molecule has 0 bridgehead atoms. The minimum Gasteiger partial charge on any atom is -0.497 e. The summed E-state index contributed by atoms with van der Waals surface area (Å²) >= 11 is 3.33. The van der Waals surface area contributed by atoms with E-state index in [9.17, 15) is 4.79 Å². The SMILES string of the molecule is COc1ccc(Oc2nc[nH]c(=O)c2N)c(Br)c1. The lowest BCUT2D eigenvalue weighted by molar-refractivity contribution is 0.411. The average Bonchev–Trinajstić information content (AvgIpc) is 2.37. The van der Waals surface area contributed by atoms with E-state index < -0.39 is 5.56 Å². The fourth-order valence-electron chi connectivity index (χ4n) is 1.27. The predicted molar refractivity (Wildman–Crippen MR) is 70.0 cm³/mol. The molecule has 1 aromatic carbocycles. The topological polar surface area (TPSA) is 90.2 Å². The molecule has 0 aliphatic carbocycles. The maximum Gasteiger partial charge on any atom is 0.277 e. The number of rotatable bonds is 3. The number of benzene rings is 1. The molecule has 0 unspecified atom stereocenters. The molecule has 7 heteroatoms. The standard InChI is InChI=1S/C11H10BrN3O3/c1-17-6-2-3-8(7(12)4-6)18-11-9(13)10(16)14-5-15-11/h2-5H,13H2,1H3,(H,14,15,16). The van der Waals surface area contributed by atoms with Gasteiger partial charge in [-0.15, -0.1) is 0 Å². The van der Waals surface area contributed by atoms with Crippen LogP contribution in [0.1, 0.15) is 0 Å². The molecular formula is C11H10BrN3O3. The first-order valence-electron chi connectivity index (χ1n) is 4.96. The van der Waals surface area contributed by atoms with Crippen LogP contribution in [0.4, 0.5) is 5.69 Å². The molecule has 0 saturated carbocycles. The highest BCUT2D eigenvalue weighted by Crippen LogP contribution is 2.32. The lowest BCUT2D eigenvalue weighted by Crippen LogP contribution is -2.13. The Balaban J connectivity index is 2.34. The number of hydrogen-bond acceptors (Lipinski definition) is 5. The van der Waals surface area contributed by atoms with Crippen molar-refractivity contribution < 1.29 is 9.47 Å². The number of hydrogen-bond donors (Lipinski definition) is 2. The Bertz CT molecular complexity index is 627. The number of nitrogen functional groups attached to an aromatic ring is 1. The van der Waals surface area contributed by atoms with Crippen molar-refractivity contribution in [3.05, 3.63) is 39.4 Å². The average molecular weight is 312 g/mol. The van der Waals surface area contributed by atoms with Crippen molar-refractivity contribution in [3.8, 4) is 17.4 Å². The first kappa shape index (κ1) is 12.4. The van der Waals surface area contributed by atoms with Gasteiger partial charge in [0.1, 0.15) is 11.5 Å². The number of halogens is 1. The number of aromatic nitrogens is 2. The molecule has 1 aromatic heterocycles. The second kappa shape index (κ2) is 5.09. The van der Waals surface area contributed by atoms with Crippen LogP contribution in [0.3, 0.4) is 0 Å². The van der Waals surface area contributed by atoms with Crippen LogP contribution >= 0.6 is 15.9 Å². The maximum atomic E-state index is 11.3. The van der Waals surface area contributed by atoms with Crippen LogP contribution in [0.15, 0.2) is 33.8 Å². The predicted octanol–water partition coefficient (Wildman–Crippen LogP) is 1.92. The number of nitrogens with zero attached hydrogens (tertiary/aromatic N) is 1. The zero-order valence-corrected chi connectivity index (χ0v) is 11.0. The number of nitrogens with one attached hydrogen (secondary N) is 1. The second-order valence-electron chi connectivity index (χ2n) is 3.35. The van der Waals surface area contributed by atoms with Gasteiger partial charge in [0.15, 0.2) is 5.69 Å². The molecule has 0 atom stereocenters. The van der Waals surface area contributed by atoms with Gasteiger partial charge in [-0.2, -0.15) is 0 Å². The molecule has 3 N–H and O–H groups in total. The minimum absolute atomic E-state index is 0.0598. The van der Waals surface area contributed by atoms with Gasteiger partial charge in [-0.25, -0.2) is 4.98 Å². The summed E-state index contributed by atoms with van der Waals surface area (Å²) < 4.78 is 11.2. The highest BCUT2D eigenvalue weighted by molar-refractivity contribution is 9.10. The molecule has 0 saturated heterocycles. The largest absolute Gasteiger partial charge is 0.497 e. The summed E-state index contributed by atoms with van der Waals surface area (Å²) in [7, 11) is 1.57. The van der Waals surface area contributed by atoms with Crippen LogP contribution < -0.4 is 20.8 Å². The van der Waals surface area contributed by atoms with Gasteiger partial charge >= 0.3 is 0 Å². The van der Waals surface area contributed by atoms with E-state index in [2.05, 4.69) is 25.9 Å². The number of anilines is 1. The number of methoxy groups -OCH3 is 1. The molecule has 0 aliphatic heterocycles. The molecule has 18 heavy (non-hydrogen) atoms. The maximum absolute atomic E-state index is 11.3. The van der Waals surface area contributed by atoms with Crippen LogP contribution in [0.2, 0.25) is 0 Å². The highest BCUT2D eigenvalue weighted by Gasteiger charge is 2.10. The molecule has 0 spiro atoms. The van der Waals surface area contributed by atoms with Crippen LogP contribution in [0, 0.1) is 0 Å². The van der Waals surface area contributed by atoms with E-state index >= 15 is 0 Å². The van der Waals surface area contributed by atoms with E-state index in [1.807, 2.05) is 0 Å². The van der Waals surface area contributed by atoms with Gasteiger partial charge in [0.05, 0.1) is 17.9 Å². The van der Waals surface area contributed by atoms with Gasteiger partial charge < -0.3 is 20.2 Å². The van der Waals surface area contributed by atoms with E-state index in [-0.39, 0.29) is 11.6 Å². The van der Waals surface area contributed by atoms with Crippen molar-refractivity contribution in [1.82, 2.24) is 9.97 Å². The first-order chi connectivity index (χ1) is 8.61. The van der Waals surface area contributed by atoms with Gasteiger partial charge in [-0.1, -0.05) is 0 Å². The molecule has 94 valence electrons. The minimum atomic E-state index is -0.440. The second-order valence-corrected chi connectivity index (χ2v) is 4.20. The molecule has 0 amide bonds. The normalized spacial score (nSPS) is 10.1. The zero-order chi connectivity index (χ0) is 13.1. The Kier molecular flexibility index (Phi) is 3.52. The van der Waals surface area contributed by atoms with Crippen LogP contribution in [0.5, 0.6) is 17.4 Å². The van der Waals surface area contributed by atoms with Crippen molar-refractivity contribution in [2.45, 2.75) is 0 Å². The Morgan fingerprint density at radius 2 is 2.22 bits per heavy atom. The fraction of sp³-hybridized carbons (Fsp3) is 0.0909. The third-order valence-electron chi connectivity index (χ3n) is 2.20. The van der Waals surface area contributed by atoms with Crippen molar-refractivity contribution in [2.24, 2.45) is 0 Å². The van der Waals surface area contributed by atoms with Crippen LogP contribution in [-0.2, 0) is 0 Å². The molecule has 0 fully saturated rings. The van der Waals surface area contributed by atoms with Crippen molar-refractivity contribution in [1.29, 1.82) is 0 Å². The summed E-state index contributed by atoms with van der Waals surface area (Å²) in [4.78, 5) is 17.5. The van der Waals surface area contributed by atoms with E-state index in [1.54, 1.807) is 25.3 Å². The lowest BCUT2D eigenvalue weighted by Gasteiger charge is -2.09. The Morgan fingerprint density at radius 1 is 1.44 bits per heavy atom. The van der Waals surface area contributed by atoms with Crippen LogP contribution in [0.25, 0.3) is 0 Å². The van der Waals surface area contributed by atoms with Crippen molar-refractivity contribution >= 4 is 21.6 Å². The van der Waals surface area contributed by atoms with E-state index in [0.717, 1.165) is 0 Å². The molecule has 0 aliphatic rings. The molecular weight excluding hydrogens is 302 g/mol. The van der Waals surface area contributed by atoms with Crippen LogP contribution in [-0.4, -0.2) is 17.1 Å². The lowest BCUT2D eigenvalue weighted by atomic mass is 10.3. The Hall–Kier alpha value is -2.02. The quantitative estimate of drug-likeness (QED) is 0.903. The summed E-state index contributed by atoms with van der Waals surface area (Å²) in [5.74, 6) is 1.23. The van der Waals surface area contributed by atoms with Gasteiger partial charge in [0.25, 0.3) is 5.56 Å². The number of nitrogens with two attached hydrogens (primary N) is 1. The van der Waals surface area contributed by atoms with Gasteiger partial charge in [-0.05, 0) is 34.1 Å². The Labute approximate surface area is 111 Å². The zero-order valence-electron chi connectivity index (χ0n) is 9.44. The third-order valence-corrected chi connectivity index (χ3v) is 2.82. The smallest absolute Gasteiger partial charge is 0.277 e. The first-order valence-corrected chi connectivity index (χ1v) is 5.75. The fourth-order valence-corrected chi connectivity index (χ4v) is 1.71. The van der Waals surface area contributed by atoms with Gasteiger partial charge in [0, 0.05) is 0 Å². The Morgan fingerprint density at radius 3 is 2.89 bits per heavy atom.